The zero-order chi connectivity index (χ0) is 19.3. The fourth-order valence-corrected chi connectivity index (χ4v) is 3.43. The number of nitrogens with zero attached hydrogens (tertiary/aromatic N) is 4. The van der Waals surface area contributed by atoms with Crippen LogP contribution >= 0.6 is 11.8 Å². The number of ketones is 1. The largest absolute Gasteiger partial charge is 0.293 e. The van der Waals surface area contributed by atoms with E-state index in [1.807, 2.05) is 79.9 Å². The molecule has 0 aliphatic heterocycles. The van der Waals surface area contributed by atoms with Crippen LogP contribution in [-0.4, -0.2) is 31.5 Å². The highest BCUT2D eigenvalue weighted by Gasteiger charge is 2.08. The molecule has 0 amide bonds. The van der Waals surface area contributed by atoms with Gasteiger partial charge in [-0.05, 0) is 37.3 Å². The van der Waals surface area contributed by atoms with Crippen LogP contribution in [-0.2, 0) is 0 Å². The number of thioether (sulfide) groups is 1. The van der Waals surface area contributed by atoms with Gasteiger partial charge in [-0.25, -0.2) is 4.68 Å². The van der Waals surface area contributed by atoms with Gasteiger partial charge >= 0.3 is 0 Å². The second-order valence-corrected chi connectivity index (χ2v) is 7.33. The van der Waals surface area contributed by atoms with Gasteiger partial charge < -0.3 is 0 Å². The third-order valence-electron chi connectivity index (χ3n) is 4.30. The van der Waals surface area contributed by atoms with Crippen molar-refractivity contribution in [1.29, 1.82) is 0 Å². The smallest absolute Gasteiger partial charge is 0.173 e. The van der Waals surface area contributed by atoms with Gasteiger partial charge in [-0.3, -0.25) is 4.79 Å². The van der Waals surface area contributed by atoms with Gasteiger partial charge in [-0.15, -0.1) is 10.2 Å². The number of benzene rings is 2. The number of Topliss-reactive ketones (excluding diaryl/α,β-unsaturated/α-hetero) is 1. The van der Waals surface area contributed by atoms with Crippen LogP contribution in [0, 0.1) is 6.92 Å². The van der Waals surface area contributed by atoms with Crippen molar-refractivity contribution in [3.8, 4) is 16.9 Å². The minimum absolute atomic E-state index is 0.0880. The average molecular weight is 386 g/mol. The highest BCUT2D eigenvalue weighted by Crippen LogP contribution is 2.22. The van der Waals surface area contributed by atoms with Crippen molar-refractivity contribution in [1.82, 2.24) is 20.0 Å². The summed E-state index contributed by atoms with van der Waals surface area (Å²) in [5, 5.41) is 13.5. The first-order valence-electron chi connectivity index (χ1n) is 8.86. The molecule has 4 rings (SSSR count). The number of aryl methyl sites for hydroxylation is 1. The molecule has 0 atom stereocenters. The zero-order valence-electron chi connectivity index (χ0n) is 15.3. The van der Waals surface area contributed by atoms with E-state index in [4.69, 9.17) is 0 Å². The zero-order valence-corrected chi connectivity index (χ0v) is 16.1. The molecule has 0 saturated carbocycles. The summed E-state index contributed by atoms with van der Waals surface area (Å²) in [4.78, 5) is 12.3. The minimum Gasteiger partial charge on any atom is -0.293 e. The first kappa shape index (κ1) is 18.1. The summed E-state index contributed by atoms with van der Waals surface area (Å²) in [7, 11) is 0. The lowest BCUT2D eigenvalue weighted by atomic mass is 10.1. The molecule has 0 saturated heterocycles. The SMILES string of the molecule is Cc1ccc(C(=O)CSc2ccc(-c3ccc(-n4cccn4)cc3)nn2)cc1. The van der Waals surface area contributed by atoms with Gasteiger partial charge in [-0.1, -0.05) is 53.7 Å². The molecule has 0 bridgehead atoms. The molecule has 6 heteroatoms. The Hall–Kier alpha value is -3.25. The summed E-state index contributed by atoms with van der Waals surface area (Å²) in [5.74, 6) is 0.431. The maximum absolute atomic E-state index is 12.3. The molecule has 138 valence electrons. The Balaban J connectivity index is 1.39. The first-order chi connectivity index (χ1) is 13.7. The molecular formula is C22H18N4OS. The number of carbonyl (C=O) groups excluding carboxylic acids is 1. The maximum Gasteiger partial charge on any atom is 0.173 e. The van der Waals surface area contributed by atoms with Gasteiger partial charge in [0, 0.05) is 23.5 Å². The Bertz CT molecular complexity index is 1060. The molecule has 2 heterocycles. The van der Waals surface area contributed by atoms with Gasteiger partial charge in [-0.2, -0.15) is 5.10 Å². The van der Waals surface area contributed by atoms with Crippen molar-refractivity contribution in [2.24, 2.45) is 0 Å². The standard InChI is InChI=1S/C22H18N4OS/c1-16-3-5-18(6-4-16)21(27)15-28-22-12-11-20(24-25-22)17-7-9-19(10-8-17)26-14-2-13-23-26/h2-14H,15H2,1H3. The molecule has 2 aromatic carbocycles. The van der Waals surface area contributed by atoms with Gasteiger partial charge in [0.05, 0.1) is 17.1 Å². The summed E-state index contributed by atoms with van der Waals surface area (Å²) in [6.07, 6.45) is 3.65. The molecule has 4 aromatic rings. The van der Waals surface area contributed by atoms with Crippen LogP contribution in [0.25, 0.3) is 16.9 Å². The van der Waals surface area contributed by atoms with Gasteiger partial charge in [0.15, 0.2) is 5.78 Å². The molecule has 2 aromatic heterocycles. The van der Waals surface area contributed by atoms with Crippen LogP contribution in [0.4, 0.5) is 0 Å². The van der Waals surface area contributed by atoms with Crippen molar-refractivity contribution in [3.05, 3.63) is 90.3 Å². The van der Waals surface area contributed by atoms with E-state index in [0.29, 0.717) is 5.75 Å². The second kappa shape index (κ2) is 8.19. The van der Waals surface area contributed by atoms with Crippen LogP contribution in [0.2, 0.25) is 0 Å². The summed E-state index contributed by atoms with van der Waals surface area (Å²) >= 11 is 1.40. The molecule has 0 radical (unpaired) electrons. The lowest BCUT2D eigenvalue weighted by molar-refractivity contribution is 0.102. The van der Waals surface area contributed by atoms with Crippen LogP contribution in [0.15, 0.2) is 84.1 Å². The molecular weight excluding hydrogens is 368 g/mol. The molecule has 0 N–H and O–H groups in total. The van der Waals surface area contributed by atoms with E-state index in [0.717, 1.165) is 33.1 Å². The van der Waals surface area contributed by atoms with E-state index in [-0.39, 0.29) is 5.78 Å². The van der Waals surface area contributed by atoms with Crippen molar-refractivity contribution >= 4 is 17.5 Å². The number of hydrogen-bond acceptors (Lipinski definition) is 5. The van der Waals surface area contributed by atoms with E-state index in [9.17, 15) is 4.79 Å². The molecule has 0 aliphatic carbocycles. The second-order valence-electron chi connectivity index (χ2n) is 6.33. The quantitative estimate of drug-likeness (QED) is 0.358. The highest BCUT2D eigenvalue weighted by molar-refractivity contribution is 7.99. The molecule has 0 fully saturated rings. The molecule has 0 unspecified atom stereocenters. The Morgan fingerprint density at radius 1 is 0.964 bits per heavy atom. The van der Waals surface area contributed by atoms with E-state index in [1.165, 1.54) is 11.8 Å². The molecule has 28 heavy (non-hydrogen) atoms. The molecule has 5 nitrogen and oxygen atoms in total. The summed E-state index contributed by atoms with van der Waals surface area (Å²) in [5.41, 5.74) is 4.63. The third kappa shape index (κ3) is 4.18. The van der Waals surface area contributed by atoms with Crippen LogP contribution in [0.3, 0.4) is 0 Å². The van der Waals surface area contributed by atoms with Crippen molar-refractivity contribution < 1.29 is 4.79 Å². The predicted octanol–water partition coefficient (Wildman–Crippen LogP) is 4.61. The number of hydrogen-bond donors (Lipinski definition) is 0. The number of rotatable bonds is 6. The van der Waals surface area contributed by atoms with Gasteiger partial charge in [0.1, 0.15) is 5.03 Å². The van der Waals surface area contributed by atoms with Gasteiger partial charge in [0.2, 0.25) is 0 Å². The van der Waals surface area contributed by atoms with Crippen molar-refractivity contribution in [2.45, 2.75) is 11.9 Å². The summed E-state index contributed by atoms with van der Waals surface area (Å²) in [6.45, 7) is 2.01. The normalized spacial score (nSPS) is 10.8. The maximum atomic E-state index is 12.3. The Morgan fingerprint density at radius 3 is 2.39 bits per heavy atom. The molecule has 0 aliphatic rings. The first-order valence-corrected chi connectivity index (χ1v) is 9.84. The van der Waals surface area contributed by atoms with Crippen LogP contribution in [0.1, 0.15) is 15.9 Å². The predicted molar refractivity (Wildman–Crippen MR) is 111 cm³/mol. The molecule has 0 spiro atoms. The van der Waals surface area contributed by atoms with E-state index in [1.54, 1.807) is 10.9 Å². The lowest BCUT2D eigenvalue weighted by Gasteiger charge is -2.05. The third-order valence-corrected chi connectivity index (χ3v) is 5.22. The minimum atomic E-state index is 0.0880. The van der Waals surface area contributed by atoms with Crippen molar-refractivity contribution in [3.63, 3.8) is 0 Å². The Labute approximate surface area is 167 Å². The van der Waals surface area contributed by atoms with Crippen molar-refractivity contribution in [2.75, 3.05) is 5.75 Å². The van der Waals surface area contributed by atoms with Gasteiger partial charge in [0.25, 0.3) is 0 Å². The van der Waals surface area contributed by atoms with E-state index in [2.05, 4.69) is 15.3 Å². The average Bonchev–Trinajstić information content (AvgIpc) is 3.28. The number of carbonyl (C=O) groups is 1. The summed E-state index contributed by atoms with van der Waals surface area (Å²) < 4.78 is 1.81. The van der Waals surface area contributed by atoms with Crippen LogP contribution in [0.5, 0.6) is 0 Å². The lowest BCUT2D eigenvalue weighted by Crippen LogP contribution is -2.02. The number of aromatic nitrogens is 4. The van der Waals surface area contributed by atoms with E-state index >= 15 is 0 Å². The Morgan fingerprint density at radius 2 is 1.75 bits per heavy atom. The highest BCUT2D eigenvalue weighted by atomic mass is 32.2. The fraction of sp³-hybridized carbons (Fsp3) is 0.0909. The Kier molecular flexibility index (Phi) is 5.30. The van der Waals surface area contributed by atoms with Crippen LogP contribution < -0.4 is 0 Å². The topological polar surface area (TPSA) is 60.7 Å². The van der Waals surface area contributed by atoms with E-state index < -0.39 is 0 Å². The fourth-order valence-electron chi connectivity index (χ4n) is 2.72. The summed E-state index contributed by atoms with van der Waals surface area (Å²) in [6, 6.07) is 21.3. The monoisotopic (exact) mass is 386 g/mol.